The van der Waals surface area contributed by atoms with Crippen molar-refractivity contribution in [2.45, 2.75) is 12.5 Å². The van der Waals surface area contributed by atoms with Gasteiger partial charge in [0.05, 0.1) is 5.88 Å². The Morgan fingerprint density at radius 1 is 1.22 bits per heavy atom. The second-order valence-electron chi connectivity index (χ2n) is 3.67. The van der Waals surface area contributed by atoms with E-state index in [-0.39, 0.29) is 0 Å². The van der Waals surface area contributed by atoms with Crippen molar-refractivity contribution in [3.63, 3.8) is 0 Å². The van der Waals surface area contributed by atoms with Crippen molar-refractivity contribution < 1.29 is 4.74 Å². The van der Waals surface area contributed by atoms with E-state index in [0.717, 1.165) is 15.6 Å². The van der Waals surface area contributed by atoms with E-state index in [4.69, 9.17) is 27.9 Å². The van der Waals surface area contributed by atoms with E-state index in [1.807, 2.05) is 30.3 Å². The van der Waals surface area contributed by atoms with Crippen LogP contribution >= 0.6 is 39.1 Å². The number of pyridine rings is 1. The van der Waals surface area contributed by atoms with Gasteiger partial charge in [-0.15, -0.1) is 11.6 Å². The second kappa shape index (κ2) is 6.41. The molecule has 2 rings (SSSR count). The Bertz CT molecular complexity index is 531. The molecule has 0 aliphatic heterocycles. The number of halogens is 3. The van der Waals surface area contributed by atoms with Crippen molar-refractivity contribution in [2.75, 3.05) is 0 Å². The first kappa shape index (κ1) is 13.7. The first-order chi connectivity index (χ1) is 8.69. The summed E-state index contributed by atoms with van der Waals surface area (Å²) in [5, 5.41) is 0.710. The van der Waals surface area contributed by atoms with Crippen molar-refractivity contribution in [1.29, 1.82) is 0 Å². The Hall–Kier alpha value is -0.770. The third kappa shape index (κ3) is 3.61. The third-order valence-corrected chi connectivity index (χ3v) is 3.30. The van der Waals surface area contributed by atoms with Gasteiger partial charge in [0.15, 0.2) is 0 Å². The molecule has 0 saturated carbocycles. The van der Waals surface area contributed by atoms with E-state index in [2.05, 4.69) is 20.9 Å². The van der Waals surface area contributed by atoms with E-state index in [9.17, 15) is 0 Å². The average molecular weight is 347 g/mol. The SMILES string of the molecule is ClCc1cc(Br)cnc1OCc1ccc(Cl)cc1. The molecule has 0 atom stereocenters. The Kier molecular flexibility index (Phi) is 4.87. The molecule has 0 fully saturated rings. The van der Waals surface area contributed by atoms with Gasteiger partial charge in [-0.25, -0.2) is 4.98 Å². The molecule has 2 aromatic rings. The van der Waals surface area contributed by atoms with Crippen LogP contribution in [0, 0.1) is 0 Å². The first-order valence-electron chi connectivity index (χ1n) is 5.26. The summed E-state index contributed by atoms with van der Waals surface area (Å²) in [5.74, 6) is 0.922. The normalized spacial score (nSPS) is 10.4. The molecule has 1 heterocycles. The molecule has 18 heavy (non-hydrogen) atoms. The summed E-state index contributed by atoms with van der Waals surface area (Å²) in [6, 6.07) is 9.40. The molecule has 0 aliphatic carbocycles. The van der Waals surface area contributed by atoms with Gasteiger partial charge in [0, 0.05) is 21.3 Å². The van der Waals surface area contributed by atoms with Gasteiger partial charge >= 0.3 is 0 Å². The molecule has 0 spiro atoms. The van der Waals surface area contributed by atoms with Gasteiger partial charge in [-0.2, -0.15) is 0 Å². The summed E-state index contributed by atoms with van der Waals surface area (Å²) < 4.78 is 6.54. The number of hydrogen-bond acceptors (Lipinski definition) is 2. The van der Waals surface area contributed by atoms with Gasteiger partial charge in [0.1, 0.15) is 6.61 Å². The molecular weight excluding hydrogens is 337 g/mol. The molecular formula is C13H10BrCl2NO. The number of benzene rings is 1. The van der Waals surface area contributed by atoms with Crippen molar-refractivity contribution in [1.82, 2.24) is 4.98 Å². The van der Waals surface area contributed by atoms with Crippen LogP contribution < -0.4 is 4.74 Å². The Labute approximate surface area is 124 Å². The smallest absolute Gasteiger partial charge is 0.218 e. The van der Waals surface area contributed by atoms with Crippen LogP contribution in [0.3, 0.4) is 0 Å². The predicted molar refractivity (Wildman–Crippen MR) is 77.3 cm³/mol. The average Bonchev–Trinajstić information content (AvgIpc) is 2.39. The minimum absolute atomic E-state index is 0.363. The highest BCUT2D eigenvalue weighted by atomic mass is 79.9. The maximum absolute atomic E-state index is 5.85. The van der Waals surface area contributed by atoms with E-state index in [0.29, 0.717) is 23.4 Å². The molecule has 94 valence electrons. The predicted octanol–water partition coefficient (Wildman–Crippen LogP) is 4.82. The number of nitrogens with zero attached hydrogens (tertiary/aromatic N) is 1. The zero-order valence-corrected chi connectivity index (χ0v) is 12.5. The number of rotatable bonds is 4. The summed E-state index contributed by atoms with van der Waals surface area (Å²) in [6.45, 7) is 0.440. The molecule has 0 amide bonds. The number of hydrogen-bond donors (Lipinski definition) is 0. The van der Waals surface area contributed by atoms with Gasteiger partial charge in [0.2, 0.25) is 5.88 Å². The lowest BCUT2D eigenvalue weighted by molar-refractivity contribution is 0.291. The quantitative estimate of drug-likeness (QED) is 0.741. The molecule has 0 N–H and O–H groups in total. The Balaban J connectivity index is 2.08. The van der Waals surface area contributed by atoms with Gasteiger partial charge < -0.3 is 4.74 Å². The molecule has 0 bridgehead atoms. The maximum atomic E-state index is 5.85. The van der Waals surface area contributed by atoms with Crippen LogP contribution in [0.15, 0.2) is 41.0 Å². The first-order valence-corrected chi connectivity index (χ1v) is 6.97. The van der Waals surface area contributed by atoms with Crippen molar-refractivity contribution in [3.8, 4) is 5.88 Å². The highest BCUT2D eigenvalue weighted by Crippen LogP contribution is 2.22. The monoisotopic (exact) mass is 345 g/mol. The molecule has 2 nitrogen and oxygen atoms in total. The van der Waals surface area contributed by atoms with Crippen LogP contribution in [0.4, 0.5) is 0 Å². The summed E-state index contributed by atoms with van der Waals surface area (Å²) in [4.78, 5) is 4.20. The van der Waals surface area contributed by atoms with E-state index in [1.165, 1.54) is 0 Å². The molecule has 1 aromatic carbocycles. The molecule has 1 aromatic heterocycles. The summed E-state index contributed by atoms with van der Waals surface area (Å²) >= 11 is 15.0. The molecule has 0 saturated heterocycles. The lowest BCUT2D eigenvalue weighted by Gasteiger charge is -2.09. The Morgan fingerprint density at radius 2 is 1.94 bits per heavy atom. The lowest BCUT2D eigenvalue weighted by atomic mass is 10.2. The van der Waals surface area contributed by atoms with Crippen molar-refractivity contribution in [2.24, 2.45) is 0 Å². The van der Waals surface area contributed by atoms with Crippen LogP contribution in [-0.2, 0) is 12.5 Å². The molecule has 0 aliphatic rings. The molecule has 0 radical (unpaired) electrons. The number of alkyl halides is 1. The van der Waals surface area contributed by atoms with Crippen LogP contribution in [0.2, 0.25) is 5.02 Å². The van der Waals surface area contributed by atoms with Crippen LogP contribution in [0.1, 0.15) is 11.1 Å². The second-order valence-corrected chi connectivity index (χ2v) is 5.29. The van der Waals surface area contributed by atoms with Crippen LogP contribution in [0.5, 0.6) is 5.88 Å². The molecule has 5 heteroatoms. The minimum atomic E-state index is 0.363. The Morgan fingerprint density at radius 3 is 2.61 bits per heavy atom. The fourth-order valence-corrected chi connectivity index (χ4v) is 2.12. The largest absolute Gasteiger partial charge is 0.473 e. The standard InChI is InChI=1S/C13H10BrCl2NO/c14-11-5-10(6-15)13(17-7-11)18-8-9-1-3-12(16)4-2-9/h1-5,7H,6,8H2. The zero-order valence-electron chi connectivity index (χ0n) is 9.37. The van der Waals surface area contributed by atoms with Gasteiger partial charge in [0.25, 0.3) is 0 Å². The topological polar surface area (TPSA) is 22.1 Å². The highest BCUT2D eigenvalue weighted by Gasteiger charge is 2.05. The summed E-state index contributed by atoms with van der Waals surface area (Å²) in [5.41, 5.74) is 1.89. The maximum Gasteiger partial charge on any atom is 0.218 e. The molecule has 0 unspecified atom stereocenters. The van der Waals surface area contributed by atoms with E-state index >= 15 is 0 Å². The fourth-order valence-electron chi connectivity index (χ4n) is 1.43. The lowest BCUT2D eigenvalue weighted by Crippen LogP contribution is -2.00. The highest BCUT2D eigenvalue weighted by molar-refractivity contribution is 9.10. The van der Waals surface area contributed by atoms with Gasteiger partial charge in [-0.3, -0.25) is 0 Å². The fraction of sp³-hybridized carbons (Fsp3) is 0.154. The van der Waals surface area contributed by atoms with Crippen LogP contribution in [-0.4, -0.2) is 4.98 Å². The van der Waals surface area contributed by atoms with E-state index < -0.39 is 0 Å². The summed E-state index contributed by atoms with van der Waals surface area (Å²) in [7, 11) is 0. The van der Waals surface area contributed by atoms with E-state index in [1.54, 1.807) is 6.20 Å². The van der Waals surface area contributed by atoms with Gasteiger partial charge in [-0.05, 0) is 39.7 Å². The number of aromatic nitrogens is 1. The zero-order chi connectivity index (χ0) is 13.0. The van der Waals surface area contributed by atoms with Crippen LogP contribution in [0.25, 0.3) is 0 Å². The minimum Gasteiger partial charge on any atom is -0.473 e. The summed E-state index contributed by atoms with van der Waals surface area (Å²) in [6.07, 6.45) is 1.69. The number of ether oxygens (including phenoxy) is 1. The third-order valence-electron chi connectivity index (χ3n) is 2.32. The van der Waals surface area contributed by atoms with Crippen molar-refractivity contribution >= 4 is 39.1 Å². The van der Waals surface area contributed by atoms with Gasteiger partial charge in [-0.1, -0.05) is 23.7 Å². The van der Waals surface area contributed by atoms with Crippen molar-refractivity contribution in [3.05, 3.63) is 57.2 Å².